The monoisotopic (exact) mass is 225 g/mol. The van der Waals surface area contributed by atoms with Crippen molar-refractivity contribution in [2.45, 2.75) is 19.9 Å². The fraction of sp³-hybridized carbons (Fsp3) is 0.333. The largest absolute Gasteiger partial charge is 0.282 e. The van der Waals surface area contributed by atoms with Gasteiger partial charge in [-0.2, -0.15) is 0 Å². The molecule has 0 aliphatic carbocycles. The van der Waals surface area contributed by atoms with Crippen molar-refractivity contribution in [3.05, 3.63) is 22.7 Å². The van der Waals surface area contributed by atoms with Crippen LogP contribution < -0.4 is 0 Å². The van der Waals surface area contributed by atoms with E-state index in [1.807, 2.05) is 0 Å². The lowest BCUT2D eigenvalue weighted by atomic mass is 10.3. The lowest BCUT2D eigenvalue weighted by molar-refractivity contribution is 0.0605. The molecule has 0 radical (unpaired) electrons. The number of nitrogens with zero attached hydrogens (tertiary/aromatic N) is 3. The van der Waals surface area contributed by atoms with Crippen LogP contribution in [-0.2, 0) is 0 Å². The molecular formula is C9H8ClN3O2. The van der Waals surface area contributed by atoms with Gasteiger partial charge in [0, 0.05) is 6.04 Å². The third-order valence-corrected chi connectivity index (χ3v) is 2.28. The average Bonchev–Trinajstić information content (AvgIpc) is 2.39. The molecule has 78 valence electrons. The molecule has 2 rings (SSSR count). The summed E-state index contributed by atoms with van der Waals surface area (Å²) in [5, 5.41) is 0.112. The summed E-state index contributed by atoms with van der Waals surface area (Å²) in [6.07, 6.45) is 1.26. The van der Waals surface area contributed by atoms with Gasteiger partial charge in [-0.1, -0.05) is 11.6 Å². The number of aromatic nitrogens is 2. The van der Waals surface area contributed by atoms with Crippen molar-refractivity contribution in [1.29, 1.82) is 0 Å². The van der Waals surface area contributed by atoms with Crippen LogP contribution in [0.2, 0.25) is 5.15 Å². The number of halogens is 1. The molecule has 0 fully saturated rings. The SMILES string of the molecule is CC(C)N1C(=O)c2ncc(Cl)nc2C1=O. The Bertz CT molecular complexity index is 459. The minimum atomic E-state index is -0.431. The summed E-state index contributed by atoms with van der Waals surface area (Å²) in [5.74, 6) is -0.839. The predicted octanol–water partition coefficient (Wildman–Crippen LogP) is 1.13. The van der Waals surface area contributed by atoms with E-state index >= 15 is 0 Å². The molecule has 1 aromatic rings. The summed E-state index contributed by atoms with van der Waals surface area (Å²) < 4.78 is 0. The molecule has 2 amide bonds. The fourth-order valence-corrected chi connectivity index (χ4v) is 1.60. The van der Waals surface area contributed by atoms with E-state index in [1.54, 1.807) is 13.8 Å². The Hall–Kier alpha value is -1.49. The number of hydrogen-bond donors (Lipinski definition) is 0. The van der Waals surface area contributed by atoms with Gasteiger partial charge < -0.3 is 0 Å². The Kier molecular flexibility index (Phi) is 2.19. The van der Waals surface area contributed by atoms with Crippen LogP contribution in [-0.4, -0.2) is 32.7 Å². The lowest BCUT2D eigenvalue weighted by Crippen LogP contribution is -2.36. The lowest BCUT2D eigenvalue weighted by Gasteiger charge is -2.16. The Morgan fingerprint density at radius 2 is 1.87 bits per heavy atom. The van der Waals surface area contributed by atoms with Crippen LogP contribution in [0, 0.1) is 0 Å². The molecule has 0 unspecified atom stereocenters. The van der Waals surface area contributed by atoms with Crippen molar-refractivity contribution in [3.63, 3.8) is 0 Å². The van der Waals surface area contributed by atoms with Crippen LogP contribution in [0.3, 0.4) is 0 Å². The number of hydrogen-bond acceptors (Lipinski definition) is 4. The highest BCUT2D eigenvalue weighted by molar-refractivity contribution is 6.30. The van der Waals surface area contributed by atoms with Gasteiger partial charge in [0.1, 0.15) is 5.15 Å². The number of rotatable bonds is 1. The Morgan fingerprint density at radius 1 is 1.27 bits per heavy atom. The van der Waals surface area contributed by atoms with Gasteiger partial charge in [0.25, 0.3) is 11.8 Å². The topological polar surface area (TPSA) is 63.2 Å². The molecule has 1 aliphatic rings. The van der Waals surface area contributed by atoms with Crippen molar-refractivity contribution in [1.82, 2.24) is 14.9 Å². The highest BCUT2D eigenvalue weighted by Crippen LogP contribution is 2.22. The molecule has 0 spiro atoms. The molecule has 0 saturated carbocycles. The quantitative estimate of drug-likeness (QED) is 0.673. The van der Waals surface area contributed by atoms with Crippen molar-refractivity contribution >= 4 is 23.4 Å². The highest BCUT2D eigenvalue weighted by Gasteiger charge is 2.39. The van der Waals surface area contributed by atoms with Crippen LogP contribution in [0.1, 0.15) is 34.8 Å². The van der Waals surface area contributed by atoms with E-state index < -0.39 is 11.8 Å². The molecule has 6 heteroatoms. The zero-order valence-corrected chi connectivity index (χ0v) is 8.95. The van der Waals surface area contributed by atoms with Crippen molar-refractivity contribution < 1.29 is 9.59 Å². The zero-order chi connectivity index (χ0) is 11.2. The number of amides is 2. The molecule has 0 bridgehead atoms. The van der Waals surface area contributed by atoms with Gasteiger partial charge >= 0.3 is 0 Å². The number of fused-ring (bicyclic) bond motifs is 1. The molecule has 1 aliphatic heterocycles. The summed E-state index contributed by atoms with van der Waals surface area (Å²) in [7, 11) is 0. The second-order valence-electron chi connectivity index (χ2n) is 3.46. The van der Waals surface area contributed by atoms with Crippen LogP contribution in [0.15, 0.2) is 6.20 Å². The Balaban J connectivity index is 2.56. The van der Waals surface area contributed by atoms with Crippen molar-refractivity contribution in [2.75, 3.05) is 0 Å². The van der Waals surface area contributed by atoms with E-state index in [0.29, 0.717) is 0 Å². The van der Waals surface area contributed by atoms with E-state index in [-0.39, 0.29) is 22.6 Å². The minimum absolute atomic E-state index is 0.0428. The van der Waals surface area contributed by atoms with Crippen LogP contribution in [0.5, 0.6) is 0 Å². The van der Waals surface area contributed by atoms with E-state index in [2.05, 4.69) is 9.97 Å². The molecule has 0 saturated heterocycles. The molecule has 2 heterocycles. The zero-order valence-electron chi connectivity index (χ0n) is 8.19. The predicted molar refractivity (Wildman–Crippen MR) is 52.7 cm³/mol. The van der Waals surface area contributed by atoms with Crippen LogP contribution in [0.25, 0.3) is 0 Å². The minimum Gasteiger partial charge on any atom is -0.269 e. The maximum Gasteiger partial charge on any atom is 0.282 e. The van der Waals surface area contributed by atoms with Crippen molar-refractivity contribution in [3.8, 4) is 0 Å². The standard InChI is InChI=1S/C9H8ClN3O2/c1-4(2)13-8(14)6-7(9(13)15)12-5(10)3-11-6/h3-4H,1-2H3. The Labute approximate surface area is 91.1 Å². The van der Waals surface area contributed by atoms with Gasteiger partial charge in [0.2, 0.25) is 0 Å². The van der Waals surface area contributed by atoms with E-state index in [0.717, 1.165) is 4.90 Å². The smallest absolute Gasteiger partial charge is 0.269 e. The van der Waals surface area contributed by atoms with Gasteiger partial charge in [0.15, 0.2) is 11.4 Å². The normalized spacial score (nSPS) is 15.1. The molecule has 1 aromatic heterocycles. The first-order valence-corrected chi connectivity index (χ1v) is 4.80. The third kappa shape index (κ3) is 1.39. The average molecular weight is 226 g/mol. The molecule has 0 aromatic carbocycles. The summed E-state index contributed by atoms with van der Waals surface area (Å²) >= 11 is 5.61. The number of carbonyl (C=O) groups excluding carboxylic acids is 2. The second kappa shape index (κ2) is 3.27. The maximum atomic E-state index is 11.7. The summed E-state index contributed by atoms with van der Waals surface area (Å²) in [4.78, 5) is 32.2. The first kappa shape index (κ1) is 10.0. The maximum absolute atomic E-state index is 11.7. The van der Waals surface area contributed by atoms with Gasteiger partial charge in [-0.15, -0.1) is 0 Å². The van der Waals surface area contributed by atoms with E-state index in [4.69, 9.17) is 11.6 Å². The summed E-state index contributed by atoms with van der Waals surface area (Å²) in [6, 6.07) is -0.209. The van der Waals surface area contributed by atoms with Gasteiger partial charge in [0.05, 0.1) is 6.20 Å². The second-order valence-corrected chi connectivity index (χ2v) is 3.85. The Morgan fingerprint density at radius 3 is 2.47 bits per heavy atom. The molecular weight excluding hydrogens is 218 g/mol. The molecule has 0 N–H and O–H groups in total. The van der Waals surface area contributed by atoms with Gasteiger partial charge in [-0.05, 0) is 13.8 Å². The summed E-state index contributed by atoms with van der Waals surface area (Å²) in [6.45, 7) is 3.51. The molecule has 0 atom stereocenters. The highest BCUT2D eigenvalue weighted by atomic mass is 35.5. The molecule has 5 nitrogen and oxygen atoms in total. The number of imide groups is 1. The van der Waals surface area contributed by atoms with Crippen LogP contribution >= 0.6 is 11.6 Å². The fourth-order valence-electron chi connectivity index (χ4n) is 1.46. The van der Waals surface area contributed by atoms with Crippen LogP contribution in [0.4, 0.5) is 0 Å². The third-order valence-electron chi connectivity index (χ3n) is 2.10. The van der Waals surface area contributed by atoms with Crippen molar-refractivity contribution in [2.24, 2.45) is 0 Å². The van der Waals surface area contributed by atoms with E-state index in [1.165, 1.54) is 6.20 Å². The first-order valence-electron chi connectivity index (χ1n) is 4.43. The molecule has 15 heavy (non-hydrogen) atoms. The first-order chi connectivity index (χ1) is 7.02. The number of carbonyl (C=O) groups is 2. The van der Waals surface area contributed by atoms with E-state index in [9.17, 15) is 9.59 Å². The van der Waals surface area contributed by atoms with Gasteiger partial charge in [-0.3, -0.25) is 14.5 Å². The summed E-state index contributed by atoms with van der Waals surface area (Å²) in [5.41, 5.74) is 0.124. The van der Waals surface area contributed by atoms with Gasteiger partial charge in [-0.25, -0.2) is 9.97 Å².